The zero-order valence-electron chi connectivity index (χ0n) is 9.80. The number of oxime groups is 1. The highest BCUT2D eigenvalue weighted by molar-refractivity contribution is 5.84. The van der Waals surface area contributed by atoms with E-state index >= 15 is 0 Å². The van der Waals surface area contributed by atoms with Gasteiger partial charge in [-0.2, -0.15) is 0 Å². The third-order valence-corrected chi connectivity index (χ3v) is 2.99. The third kappa shape index (κ3) is 2.56. The summed E-state index contributed by atoms with van der Waals surface area (Å²) < 4.78 is 0. The van der Waals surface area contributed by atoms with Crippen molar-refractivity contribution in [3.63, 3.8) is 0 Å². The van der Waals surface area contributed by atoms with Crippen molar-refractivity contribution in [3.05, 3.63) is 48.0 Å². The van der Waals surface area contributed by atoms with E-state index < -0.39 is 0 Å². The number of nitrogens with zero attached hydrogens (tertiary/aromatic N) is 1. The molecule has 1 atom stereocenters. The monoisotopic (exact) mass is 228 g/mol. The lowest BCUT2D eigenvalue weighted by Gasteiger charge is -2.11. The Labute approximate surface area is 101 Å². The summed E-state index contributed by atoms with van der Waals surface area (Å²) in [6.45, 7) is 2.07. The molecule has 0 radical (unpaired) electrons. The van der Waals surface area contributed by atoms with Gasteiger partial charge in [0.2, 0.25) is 0 Å². The Hall–Kier alpha value is -2.03. The summed E-state index contributed by atoms with van der Waals surface area (Å²) in [5.41, 5.74) is 6.73. The Kier molecular flexibility index (Phi) is 3.28. The summed E-state index contributed by atoms with van der Waals surface area (Å²) in [7, 11) is 0. The van der Waals surface area contributed by atoms with Crippen molar-refractivity contribution in [2.75, 3.05) is 0 Å². The molecule has 0 bridgehead atoms. The van der Waals surface area contributed by atoms with E-state index in [9.17, 15) is 0 Å². The normalized spacial score (nSPS) is 13.8. The molecule has 0 saturated heterocycles. The standard InChI is InChI=1S/C14H16N2O/c1-10(8-14(15)16-17)12-7-6-11-4-2-3-5-13(11)9-12/h2-7,9-10,17H,8H2,1H3,(H2,15,16). The van der Waals surface area contributed by atoms with Gasteiger partial charge in [-0.3, -0.25) is 0 Å². The van der Waals surface area contributed by atoms with Crippen LogP contribution in [0.5, 0.6) is 0 Å². The molecular weight excluding hydrogens is 212 g/mol. The molecule has 0 fully saturated rings. The van der Waals surface area contributed by atoms with Gasteiger partial charge in [0.05, 0.1) is 0 Å². The molecule has 0 aliphatic carbocycles. The van der Waals surface area contributed by atoms with Gasteiger partial charge in [0.1, 0.15) is 5.84 Å². The van der Waals surface area contributed by atoms with Crippen molar-refractivity contribution in [3.8, 4) is 0 Å². The quantitative estimate of drug-likeness (QED) is 0.367. The largest absolute Gasteiger partial charge is 0.409 e. The molecule has 17 heavy (non-hydrogen) atoms. The number of benzene rings is 2. The van der Waals surface area contributed by atoms with Crippen LogP contribution in [-0.4, -0.2) is 11.0 Å². The van der Waals surface area contributed by atoms with Gasteiger partial charge in [-0.25, -0.2) is 0 Å². The van der Waals surface area contributed by atoms with E-state index in [2.05, 4.69) is 42.4 Å². The molecule has 0 heterocycles. The lowest BCUT2D eigenvalue weighted by atomic mass is 9.95. The van der Waals surface area contributed by atoms with E-state index in [4.69, 9.17) is 10.9 Å². The molecule has 3 N–H and O–H groups in total. The Morgan fingerprint density at radius 1 is 1.24 bits per heavy atom. The predicted octanol–water partition coefficient (Wildman–Crippen LogP) is 3.08. The Balaban J connectivity index is 2.30. The minimum Gasteiger partial charge on any atom is -0.409 e. The highest BCUT2D eigenvalue weighted by atomic mass is 16.4. The molecule has 1 unspecified atom stereocenters. The third-order valence-electron chi connectivity index (χ3n) is 2.99. The van der Waals surface area contributed by atoms with Crippen LogP contribution in [0.15, 0.2) is 47.6 Å². The van der Waals surface area contributed by atoms with Gasteiger partial charge in [0.25, 0.3) is 0 Å². The van der Waals surface area contributed by atoms with Crippen molar-refractivity contribution >= 4 is 16.6 Å². The first kappa shape index (κ1) is 11.5. The summed E-state index contributed by atoms with van der Waals surface area (Å²) in [5, 5.41) is 14.0. The SMILES string of the molecule is CC(CC(N)=NO)c1ccc2ccccc2c1. The molecule has 2 aromatic rings. The molecule has 88 valence electrons. The fourth-order valence-corrected chi connectivity index (χ4v) is 1.99. The molecule has 2 rings (SSSR count). The van der Waals surface area contributed by atoms with Crippen molar-refractivity contribution in [2.24, 2.45) is 10.9 Å². The number of fused-ring (bicyclic) bond motifs is 1. The minimum absolute atomic E-state index is 0.246. The number of rotatable bonds is 3. The Morgan fingerprint density at radius 2 is 1.94 bits per heavy atom. The minimum atomic E-state index is 0.246. The molecular formula is C14H16N2O. The Morgan fingerprint density at radius 3 is 2.65 bits per heavy atom. The number of hydrogen-bond acceptors (Lipinski definition) is 2. The summed E-state index contributed by atoms with van der Waals surface area (Å²) >= 11 is 0. The summed E-state index contributed by atoms with van der Waals surface area (Å²) in [4.78, 5) is 0. The van der Waals surface area contributed by atoms with Gasteiger partial charge in [-0.15, -0.1) is 0 Å². The molecule has 0 aliphatic rings. The van der Waals surface area contributed by atoms with Crippen LogP contribution in [0.4, 0.5) is 0 Å². The van der Waals surface area contributed by atoms with E-state index in [-0.39, 0.29) is 11.8 Å². The maximum atomic E-state index is 8.57. The van der Waals surface area contributed by atoms with Gasteiger partial charge in [0, 0.05) is 6.42 Å². The van der Waals surface area contributed by atoms with E-state index in [0.717, 1.165) is 0 Å². The van der Waals surface area contributed by atoms with Crippen molar-refractivity contribution in [2.45, 2.75) is 19.3 Å². The van der Waals surface area contributed by atoms with Crippen LogP contribution in [0, 0.1) is 0 Å². The average Bonchev–Trinajstić information content (AvgIpc) is 2.38. The van der Waals surface area contributed by atoms with E-state index in [1.54, 1.807) is 0 Å². The van der Waals surface area contributed by atoms with Gasteiger partial charge in [-0.1, -0.05) is 54.5 Å². The molecule has 3 heteroatoms. The first-order valence-electron chi connectivity index (χ1n) is 5.66. The highest BCUT2D eigenvalue weighted by Gasteiger charge is 2.08. The second-order valence-corrected chi connectivity index (χ2v) is 4.30. The summed E-state index contributed by atoms with van der Waals surface area (Å²) in [6, 6.07) is 14.6. The van der Waals surface area contributed by atoms with Gasteiger partial charge in [-0.05, 0) is 22.3 Å². The second kappa shape index (κ2) is 4.87. The van der Waals surface area contributed by atoms with Crippen LogP contribution in [0.3, 0.4) is 0 Å². The Bertz CT molecular complexity index is 549. The van der Waals surface area contributed by atoms with E-state index in [1.165, 1.54) is 16.3 Å². The van der Waals surface area contributed by atoms with Crippen LogP contribution in [0.2, 0.25) is 0 Å². The smallest absolute Gasteiger partial charge is 0.139 e. The lowest BCUT2D eigenvalue weighted by Crippen LogP contribution is -2.14. The summed E-state index contributed by atoms with van der Waals surface area (Å²) in [6.07, 6.45) is 0.564. The van der Waals surface area contributed by atoms with Gasteiger partial charge in [0.15, 0.2) is 0 Å². The second-order valence-electron chi connectivity index (χ2n) is 4.30. The molecule has 0 saturated carbocycles. The molecule has 0 aromatic heterocycles. The van der Waals surface area contributed by atoms with Crippen LogP contribution in [0.25, 0.3) is 10.8 Å². The van der Waals surface area contributed by atoms with Crippen LogP contribution < -0.4 is 5.73 Å². The predicted molar refractivity (Wildman–Crippen MR) is 70.4 cm³/mol. The zero-order chi connectivity index (χ0) is 12.3. The van der Waals surface area contributed by atoms with Crippen molar-refractivity contribution in [1.82, 2.24) is 0 Å². The number of nitrogens with two attached hydrogens (primary N) is 1. The zero-order valence-corrected chi connectivity index (χ0v) is 9.80. The van der Waals surface area contributed by atoms with Crippen LogP contribution in [0.1, 0.15) is 24.8 Å². The van der Waals surface area contributed by atoms with Crippen molar-refractivity contribution in [1.29, 1.82) is 0 Å². The molecule has 0 spiro atoms. The maximum absolute atomic E-state index is 8.57. The van der Waals surface area contributed by atoms with Crippen LogP contribution in [-0.2, 0) is 0 Å². The molecule has 0 aliphatic heterocycles. The van der Waals surface area contributed by atoms with E-state index in [1.807, 2.05) is 12.1 Å². The van der Waals surface area contributed by atoms with Gasteiger partial charge < -0.3 is 10.9 Å². The lowest BCUT2D eigenvalue weighted by molar-refractivity contribution is 0.316. The summed E-state index contributed by atoms with van der Waals surface area (Å²) in [5.74, 6) is 0.515. The van der Waals surface area contributed by atoms with Crippen molar-refractivity contribution < 1.29 is 5.21 Å². The maximum Gasteiger partial charge on any atom is 0.139 e. The average molecular weight is 228 g/mol. The highest BCUT2D eigenvalue weighted by Crippen LogP contribution is 2.23. The molecule has 3 nitrogen and oxygen atoms in total. The number of amidine groups is 1. The van der Waals surface area contributed by atoms with Crippen LogP contribution >= 0.6 is 0 Å². The first-order chi connectivity index (χ1) is 8.20. The van der Waals surface area contributed by atoms with Gasteiger partial charge >= 0.3 is 0 Å². The fourth-order valence-electron chi connectivity index (χ4n) is 1.99. The molecule has 2 aromatic carbocycles. The molecule has 0 amide bonds. The fraction of sp³-hybridized carbons (Fsp3) is 0.214. The van der Waals surface area contributed by atoms with E-state index in [0.29, 0.717) is 6.42 Å². The number of hydrogen-bond donors (Lipinski definition) is 2. The topological polar surface area (TPSA) is 58.6 Å². The first-order valence-corrected chi connectivity index (χ1v) is 5.66.